The molecule has 29 heavy (non-hydrogen) atoms. The number of aliphatic hydroxyl groups is 1. The minimum Gasteiger partial charge on any atom is -0.478 e. The lowest BCUT2D eigenvalue weighted by atomic mass is 10.1. The highest BCUT2D eigenvalue weighted by molar-refractivity contribution is 6.34. The Balaban J connectivity index is 1.59. The third kappa shape index (κ3) is 6.00. The number of aromatic nitrogens is 4. The van der Waals surface area contributed by atoms with Gasteiger partial charge in [0.25, 0.3) is 0 Å². The molecule has 0 atom stereocenters. The van der Waals surface area contributed by atoms with Gasteiger partial charge in [0.2, 0.25) is 0 Å². The highest BCUT2D eigenvalue weighted by Gasteiger charge is 2.10. The Morgan fingerprint density at radius 2 is 1.72 bits per heavy atom. The van der Waals surface area contributed by atoms with Crippen molar-refractivity contribution in [3.63, 3.8) is 0 Å². The van der Waals surface area contributed by atoms with Gasteiger partial charge in [-0.3, -0.25) is 4.98 Å². The van der Waals surface area contributed by atoms with Crippen LogP contribution in [0.1, 0.15) is 39.6 Å². The van der Waals surface area contributed by atoms with Gasteiger partial charge in [-0.05, 0) is 55.2 Å². The molecule has 2 N–H and O–H groups in total. The third-order valence-electron chi connectivity index (χ3n) is 4.43. The number of nitrogens with zero attached hydrogens (tertiary/aromatic N) is 4. The van der Waals surface area contributed by atoms with Crippen LogP contribution >= 0.6 is 23.2 Å². The lowest BCUT2D eigenvalue weighted by Gasteiger charge is -2.08. The van der Waals surface area contributed by atoms with Crippen LogP contribution in [-0.2, 0) is 32.4 Å². The predicted molar refractivity (Wildman–Crippen MR) is 109 cm³/mol. The van der Waals surface area contributed by atoms with Gasteiger partial charge in [0.05, 0.1) is 17.9 Å². The fraction of sp³-hybridized carbons (Fsp3) is 0.300. The summed E-state index contributed by atoms with van der Waals surface area (Å²) in [6.45, 7) is 0.399. The highest BCUT2D eigenvalue weighted by atomic mass is 35.5. The molecular formula is C20H20Cl2N4O3. The van der Waals surface area contributed by atoms with E-state index in [9.17, 15) is 15.0 Å². The molecule has 0 spiro atoms. The Labute approximate surface area is 178 Å². The lowest BCUT2D eigenvalue weighted by molar-refractivity contribution is 0.0696. The number of hydrogen-bond donors (Lipinski definition) is 2. The van der Waals surface area contributed by atoms with E-state index in [1.165, 1.54) is 12.1 Å². The zero-order valence-electron chi connectivity index (χ0n) is 15.6. The fourth-order valence-corrected chi connectivity index (χ4v) is 3.65. The fourth-order valence-electron chi connectivity index (χ4n) is 3.07. The monoisotopic (exact) mass is 434 g/mol. The van der Waals surface area contributed by atoms with Gasteiger partial charge in [-0.2, -0.15) is 0 Å². The van der Waals surface area contributed by atoms with E-state index in [4.69, 9.17) is 23.2 Å². The molecule has 0 saturated carbocycles. The van der Waals surface area contributed by atoms with Gasteiger partial charge in [-0.25, -0.2) is 4.79 Å². The second-order valence-electron chi connectivity index (χ2n) is 6.62. The molecule has 3 aromatic rings. The number of pyridine rings is 1. The van der Waals surface area contributed by atoms with Gasteiger partial charge in [-0.15, -0.1) is 10.2 Å². The molecular weight excluding hydrogens is 415 g/mol. The Bertz CT molecular complexity index is 987. The Morgan fingerprint density at radius 1 is 1.00 bits per heavy atom. The van der Waals surface area contributed by atoms with Gasteiger partial charge in [-0.1, -0.05) is 23.2 Å². The molecule has 2 aromatic heterocycles. The molecule has 0 bridgehead atoms. The largest absolute Gasteiger partial charge is 0.478 e. The summed E-state index contributed by atoms with van der Waals surface area (Å²) in [7, 11) is 0. The van der Waals surface area contributed by atoms with E-state index in [2.05, 4.69) is 15.2 Å². The summed E-state index contributed by atoms with van der Waals surface area (Å²) in [5.74, 6) is -0.195. The van der Waals surface area contributed by atoms with Crippen LogP contribution in [0.25, 0.3) is 0 Å². The number of carbonyl (C=O) groups is 1. The van der Waals surface area contributed by atoms with Crippen molar-refractivity contribution in [1.29, 1.82) is 0 Å². The summed E-state index contributed by atoms with van der Waals surface area (Å²) >= 11 is 12.1. The first-order valence-corrected chi connectivity index (χ1v) is 9.86. The summed E-state index contributed by atoms with van der Waals surface area (Å²) in [4.78, 5) is 15.5. The molecule has 152 valence electrons. The number of halogens is 2. The van der Waals surface area contributed by atoms with Crippen molar-refractivity contribution in [1.82, 2.24) is 19.7 Å². The number of rotatable bonds is 9. The van der Waals surface area contributed by atoms with Gasteiger partial charge >= 0.3 is 5.97 Å². The van der Waals surface area contributed by atoms with Crippen LogP contribution in [0.4, 0.5) is 0 Å². The molecule has 0 fully saturated rings. The first-order valence-electron chi connectivity index (χ1n) is 9.10. The van der Waals surface area contributed by atoms with Crippen LogP contribution in [-0.4, -0.2) is 35.9 Å². The van der Waals surface area contributed by atoms with Crippen molar-refractivity contribution in [3.05, 3.63) is 75.0 Å². The molecule has 0 saturated heterocycles. The molecule has 0 aliphatic rings. The van der Waals surface area contributed by atoms with Crippen molar-refractivity contribution in [2.75, 3.05) is 0 Å². The summed E-state index contributed by atoms with van der Waals surface area (Å²) in [6, 6.07) is 8.39. The molecule has 2 heterocycles. The van der Waals surface area contributed by atoms with E-state index >= 15 is 0 Å². The Kier molecular flexibility index (Phi) is 7.19. The second kappa shape index (κ2) is 9.82. The second-order valence-corrected chi connectivity index (χ2v) is 7.50. The Morgan fingerprint density at radius 3 is 2.41 bits per heavy atom. The average molecular weight is 435 g/mol. The van der Waals surface area contributed by atoms with Crippen LogP contribution in [0.3, 0.4) is 0 Å². The summed E-state index contributed by atoms with van der Waals surface area (Å²) in [5, 5.41) is 27.8. The molecule has 1 aromatic carbocycles. The number of carboxylic acids is 1. The number of aliphatic hydroxyl groups excluding tert-OH is 1. The van der Waals surface area contributed by atoms with Crippen molar-refractivity contribution in [3.8, 4) is 0 Å². The van der Waals surface area contributed by atoms with E-state index in [0.29, 0.717) is 40.8 Å². The quantitative estimate of drug-likeness (QED) is 0.533. The lowest BCUT2D eigenvalue weighted by Crippen LogP contribution is -2.07. The Hall–Kier alpha value is -2.48. The molecule has 0 unspecified atom stereocenters. The zero-order valence-corrected chi connectivity index (χ0v) is 17.1. The van der Waals surface area contributed by atoms with Crippen LogP contribution < -0.4 is 0 Å². The van der Waals surface area contributed by atoms with E-state index in [0.717, 1.165) is 24.2 Å². The SMILES string of the molecule is O=C(O)c1cc(CO)nc(CCCc2nncn2CCc2cc(Cl)cc(Cl)c2)c1. The standard InChI is InChI=1S/C20H20Cl2N4O3/c21-15-6-13(7-16(22)10-15)4-5-26-12-23-25-19(26)3-1-2-17-8-14(20(28)29)9-18(11-27)24-17/h6-10,12,27H,1-5,11H2,(H,28,29). The number of aromatic carboxylic acids is 1. The molecule has 3 rings (SSSR count). The average Bonchev–Trinajstić information content (AvgIpc) is 3.12. The summed E-state index contributed by atoms with van der Waals surface area (Å²) in [6.07, 6.45) is 4.40. The van der Waals surface area contributed by atoms with Gasteiger partial charge in [0.1, 0.15) is 12.2 Å². The number of carboxylic acid groups (broad SMARTS) is 1. The molecule has 0 radical (unpaired) electrons. The van der Waals surface area contributed by atoms with E-state index < -0.39 is 5.97 Å². The summed E-state index contributed by atoms with van der Waals surface area (Å²) in [5.41, 5.74) is 2.15. The van der Waals surface area contributed by atoms with Crippen molar-refractivity contribution >= 4 is 29.2 Å². The number of benzene rings is 1. The molecule has 7 nitrogen and oxygen atoms in total. The smallest absolute Gasteiger partial charge is 0.335 e. The molecule has 0 aliphatic carbocycles. The number of aryl methyl sites for hydroxylation is 4. The van der Waals surface area contributed by atoms with E-state index in [1.54, 1.807) is 12.4 Å². The van der Waals surface area contributed by atoms with Gasteiger partial charge in [0.15, 0.2) is 0 Å². The zero-order chi connectivity index (χ0) is 20.8. The first-order chi connectivity index (χ1) is 13.9. The number of hydrogen-bond acceptors (Lipinski definition) is 5. The molecule has 9 heteroatoms. The van der Waals surface area contributed by atoms with Crippen molar-refractivity contribution in [2.45, 2.75) is 38.8 Å². The summed E-state index contributed by atoms with van der Waals surface area (Å²) < 4.78 is 1.98. The van der Waals surface area contributed by atoms with Gasteiger partial charge < -0.3 is 14.8 Å². The normalized spacial score (nSPS) is 11.0. The van der Waals surface area contributed by atoms with Crippen LogP contribution in [0, 0.1) is 0 Å². The van der Waals surface area contributed by atoms with E-state index in [-0.39, 0.29) is 12.2 Å². The molecule has 0 amide bonds. The van der Waals surface area contributed by atoms with Crippen LogP contribution in [0.15, 0.2) is 36.7 Å². The van der Waals surface area contributed by atoms with Crippen molar-refractivity contribution < 1.29 is 15.0 Å². The van der Waals surface area contributed by atoms with Crippen LogP contribution in [0.5, 0.6) is 0 Å². The maximum Gasteiger partial charge on any atom is 0.335 e. The predicted octanol–water partition coefficient (Wildman–Crippen LogP) is 3.59. The van der Waals surface area contributed by atoms with Crippen molar-refractivity contribution in [2.24, 2.45) is 0 Å². The van der Waals surface area contributed by atoms with Gasteiger partial charge in [0, 0.05) is 28.7 Å². The molecule has 0 aliphatic heterocycles. The minimum absolute atomic E-state index is 0.127. The van der Waals surface area contributed by atoms with Crippen LogP contribution in [0.2, 0.25) is 10.0 Å². The topological polar surface area (TPSA) is 101 Å². The third-order valence-corrected chi connectivity index (χ3v) is 4.87. The maximum absolute atomic E-state index is 11.2. The highest BCUT2D eigenvalue weighted by Crippen LogP contribution is 2.20. The minimum atomic E-state index is -1.04. The first kappa shape index (κ1) is 21.2. The van der Waals surface area contributed by atoms with E-state index in [1.807, 2.05) is 16.7 Å². The maximum atomic E-state index is 11.2.